The van der Waals surface area contributed by atoms with Gasteiger partial charge in [0.05, 0.1) is 11.5 Å². The van der Waals surface area contributed by atoms with Crippen LogP contribution >= 0.6 is 11.6 Å². The summed E-state index contributed by atoms with van der Waals surface area (Å²) in [6.45, 7) is 0.880. The number of rotatable bonds is 9. The largest absolute Gasteiger partial charge is 0.493 e. The molecule has 1 fully saturated rings. The molecule has 202 valence electrons. The van der Waals surface area contributed by atoms with E-state index in [1.165, 1.54) is 4.31 Å². The Bertz CT molecular complexity index is 1360. The van der Waals surface area contributed by atoms with Gasteiger partial charge in [-0.15, -0.1) is 0 Å². The van der Waals surface area contributed by atoms with Crippen molar-refractivity contribution >= 4 is 27.5 Å². The molecule has 1 aliphatic heterocycles. The van der Waals surface area contributed by atoms with Crippen LogP contribution in [0.15, 0.2) is 77.7 Å². The van der Waals surface area contributed by atoms with E-state index in [1.54, 1.807) is 36.2 Å². The number of benzene rings is 3. The Morgan fingerprint density at radius 3 is 2.29 bits per heavy atom. The van der Waals surface area contributed by atoms with Crippen LogP contribution < -0.4 is 4.74 Å². The summed E-state index contributed by atoms with van der Waals surface area (Å²) in [7, 11) is -2.29. The Labute approximate surface area is 226 Å². The topological polar surface area (TPSA) is 66.9 Å². The molecule has 0 radical (unpaired) electrons. The normalized spacial score (nSPS) is 15.7. The molecular weight excluding hydrogens is 534 g/mol. The van der Waals surface area contributed by atoms with E-state index in [0.29, 0.717) is 36.2 Å². The third kappa shape index (κ3) is 6.70. The zero-order valence-corrected chi connectivity index (χ0v) is 22.5. The molecule has 0 aromatic heterocycles. The highest BCUT2D eigenvalue weighted by atomic mass is 35.5. The highest BCUT2D eigenvalue weighted by Gasteiger charge is 2.41. The quantitative estimate of drug-likeness (QED) is 0.345. The van der Waals surface area contributed by atoms with Crippen LogP contribution in [0.3, 0.4) is 0 Å². The summed E-state index contributed by atoms with van der Waals surface area (Å²) >= 11 is 5.97. The summed E-state index contributed by atoms with van der Waals surface area (Å²) in [5.41, 5.74) is 0.379. The summed E-state index contributed by atoms with van der Waals surface area (Å²) < 4.78 is 60.6. The van der Waals surface area contributed by atoms with E-state index in [1.807, 2.05) is 30.3 Å². The van der Waals surface area contributed by atoms with Crippen molar-refractivity contribution in [3.8, 4) is 5.75 Å². The van der Waals surface area contributed by atoms with Gasteiger partial charge in [0.15, 0.2) is 11.6 Å². The maximum atomic E-state index is 13.7. The highest BCUT2D eigenvalue weighted by Crippen LogP contribution is 2.38. The number of halogens is 3. The molecule has 3 aromatic carbocycles. The Morgan fingerprint density at radius 2 is 1.66 bits per heavy atom. The highest BCUT2D eigenvalue weighted by molar-refractivity contribution is 7.89. The lowest BCUT2D eigenvalue weighted by molar-refractivity contribution is -0.134. The molecule has 0 bridgehead atoms. The van der Waals surface area contributed by atoms with Crippen molar-refractivity contribution in [2.45, 2.75) is 30.7 Å². The number of piperidine rings is 1. The molecule has 4 rings (SSSR count). The van der Waals surface area contributed by atoms with Gasteiger partial charge in [0, 0.05) is 43.5 Å². The van der Waals surface area contributed by atoms with E-state index in [9.17, 15) is 22.0 Å². The summed E-state index contributed by atoms with van der Waals surface area (Å²) in [4.78, 5) is 14.6. The second-order valence-corrected chi connectivity index (χ2v) is 12.0. The van der Waals surface area contributed by atoms with Gasteiger partial charge < -0.3 is 9.64 Å². The molecule has 1 heterocycles. The van der Waals surface area contributed by atoms with Gasteiger partial charge in [0.2, 0.25) is 15.9 Å². The van der Waals surface area contributed by atoms with E-state index in [2.05, 4.69) is 0 Å². The van der Waals surface area contributed by atoms with Gasteiger partial charge in [-0.3, -0.25) is 4.79 Å². The van der Waals surface area contributed by atoms with Crippen molar-refractivity contribution in [3.05, 3.63) is 95.0 Å². The second-order valence-electron chi connectivity index (χ2n) is 9.63. The molecule has 38 heavy (non-hydrogen) atoms. The molecule has 0 N–H and O–H groups in total. The molecule has 10 heteroatoms. The zero-order valence-electron chi connectivity index (χ0n) is 20.9. The van der Waals surface area contributed by atoms with Crippen molar-refractivity contribution in [2.24, 2.45) is 5.41 Å². The van der Waals surface area contributed by atoms with E-state index >= 15 is 0 Å². The molecule has 0 atom stereocenters. The number of hydrogen-bond acceptors (Lipinski definition) is 4. The number of ether oxygens (including phenoxy) is 1. The first-order valence-corrected chi connectivity index (χ1v) is 14.0. The summed E-state index contributed by atoms with van der Waals surface area (Å²) in [6, 6.07) is 19.1. The number of amides is 1. The van der Waals surface area contributed by atoms with E-state index in [0.717, 1.165) is 17.7 Å². The van der Waals surface area contributed by atoms with Gasteiger partial charge >= 0.3 is 0 Å². The molecule has 0 saturated carbocycles. The number of sulfonamides is 1. The van der Waals surface area contributed by atoms with Gasteiger partial charge in [-0.25, -0.2) is 17.2 Å². The fourth-order valence-electron chi connectivity index (χ4n) is 4.53. The van der Waals surface area contributed by atoms with Gasteiger partial charge in [0.1, 0.15) is 5.75 Å². The predicted molar refractivity (Wildman–Crippen MR) is 141 cm³/mol. The molecule has 0 aliphatic carbocycles. The van der Waals surface area contributed by atoms with Crippen LogP contribution in [0.2, 0.25) is 5.02 Å². The molecule has 0 spiro atoms. The minimum absolute atomic E-state index is 0.0783. The van der Waals surface area contributed by atoms with Gasteiger partial charge in [0.25, 0.3) is 0 Å². The third-order valence-corrected chi connectivity index (χ3v) is 9.03. The van der Waals surface area contributed by atoms with Crippen LogP contribution in [-0.4, -0.2) is 50.3 Å². The molecule has 6 nitrogen and oxygen atoms in total. The first-order valence-electron chi connectivity index (χ1n) is 12.2. The van der Waals surface area contributed by atoms with Crippen LogP contribution in [0.1, 0.15) is 24.8 Å². The van der Waals surface area contributed by atoms with Crippen LogP contribution in [0, 0.1) is 17.0 Å². The Hall–Kier alpha value is -3.01. The maximum absolute atomic E-state index is 13.7. The zero-order chi connectivity index (χ0) is 27.3. The predicted octanol–water partition coefficient (Wildman–Crippen LogP) is 5.52. The summed E-state index contributed by atoms with van der Waals surface area (Å²) in [6.07, 6.45) is 0.881. The number of nitrogens with zero attached hydrogens (tertiary/aromatic N) is 2. The lowest BCUT2D eigenvalue weighted by atomic mass is 9.76. The summed E-state index contributed by atoms with van der Waals surface area (Å²) in [5, 5.41) is 0.570. The summed E-state index contributed by atoms with van der Waals surface area (Å²) in [5.74, 6) is -1.82. The lowest BCUT2D eigenvalue weighted by Crippen LogP contribution is -2.47. The van der Waals surface area contributed by atoms with Gasteiger partial charge in [-0.05, 0) is 60.9 Å². The fourth-order valence-corrected chi connectivity index (χ4v) is 6.11. The van der Waals surface area contributed by atoms with Crippen LogP contribution in [0.4, 0.5) is 8.78 Å². The number of carbonyl (C=O) groups is 1. The molecule has 3 aromatic rings. The van der Waals surface area contributed by atoms with Gasteiger partial charge in [-0.2, -0.15) is 4.31 Å². The lowest BCUT2D eigenvalue weighted by Gasteiger charge is -2.41. The molecule has 1 aliphatic rings. The number of hydrogen-bond donors (Lipinski definition) is 0. The van der Waals surface area contributed by atoms with Crippen molar-refractivity contribution < 1.29 is 26.7 Å². The maximum Gasteiger partial charge on any atom is 0.243 e. The molecule has 1 amide bonds. The van der Waals surface area contributed by atoms with Crippen molar-refractivity contribution in [1.29, 1.82) is 0 Å². The SMILES string of the molecule is CN(Cc1ccccc1)C(=O)CC1(COc2ccc(Cl)cc2)CCN(S(=O)(=O)c2ccc(F)c(F)c2)CC1. The average Bonchev–Trinajstić information content (AvgIpc) is 2.91. The fraction of sp³-hybridized carbons (Fsp3) is 0.321. The average molecular weight is 563 g/mol. The number of carbonyl (C=O) groups excluding carboxylic acids is 1. The van der Waals surface area contributed by atoms with Crippen molar-refractivity contribution in [2.75, 3.05) is 26.7 Å². The van der Waals surface area contributed by atoms with E-state index in [-0.39, 0.29) is 36.9 Å². The van der Waals surface area contributed by atoms with Crippen LogP contribution in [-0.2, 0) is 21.4 Å². The minimum atomic E-state index is -4.03. The Morgan fingerprint density at radius 1 is 1.00 bits per heavy atom. The first-order chi connectivity index (χ1) is 18.1. The minimum Gasteiger partial charge on any atom is -0.493 e. The second kappa shape index (κ2) is 11.8. The Balaban J connectivity index is 1.50. The smallest absolute Gasteiger partial charge is 0.243 e. The van der Waals surface area contributed by atoms with Crippen LogP contribution in [0.5, 0.6) is 5.75 Å². The third-order valence-electron chi connectivity index (χ3n) is 6.89. The molecular formula is C28H29ClF2N2O4S. The molecule has 1 saturated heterocycles. The monoisotopic (exact) mass is 562 g/mol. The molecule has 0 unspecified atom stereocenters. The van der Waals surface area contributed by atoms with E-state index in [4.69, 9.17) is 16.3 Å². The first kappa shape index (κ1) is 28.0. The van der Waals surface area contributed by atoms with Crippen molar-refractivity contribution in [3.63, 3.8) is 0 Å². The van der Waals surface area contributed by atoms with E-state index < -0.39 is 27.1 Å². The van der Waals surface area contributed by atoms with Crippen LogP contribution in [0.25, 0.3) is 0 Å². The van der Waals surface area contributed by atoms with Crippen molar-refractivity contribution in [1.82, 2.24) is 9.21 Å². The standard InChI is InChI=1S/C28H29ClF2N2O4S/c1-32(19-21-5-3-2-4-6-21)27(34)18-28(20-37-23-9-7-22(29)8-10-23)13-15-33(16-14-28)38(35,36)24-11-12-25(30)26(31)17-24/h2-12,17H,13-16,18-20H2,1H3. The Kier molecular flexibility index (Phi) is 8.70. The van der Waals surface area contributed by atoms with Gasteiger partial charge in [-0.1, -0.05) is 41.9 Å².